The number of pyridine rings is 1. The number of allylic oxidation sites excluding steroid dienone is 1. The summed E-state index contributed by atoms with van der Waals surface area (Å²) >= 11 is 0. The minimum Gasteiger partial charge on any atom is -0.458 e. The summed E-state index contributed by atoms with van der Waals surface area (Å²) in [6, 6.07) is 3.47. The van der Waals surface area contributed by atoms with Crippen molar-refractivity contribution in [1.82, 2.24) is 14.1 Å². The summed E-state index contributed by atoms with van der Waals surface area (Å²) in [5.74, 6) is -0.877. The summed E-state index contributed by atoms with van der Waals surface area (Å²) in [5, 5.41) is 3.03. The largest absolute Gasteiger partial charge is 0.458 e. The van der Waals surface area contributed by atoms with Crippen LogP contribution in [0.2, 0.25) is 0 Å². The van der Waals surface area contributed by atoms with E-state index < -0.39 is 23.1 Å². The summed E-state index contributed by atoms with van der Waals surface area (Å²) in [4.78, 5) is 42.0. The Morgan fingerprint density at radius 3 is 2.59 bits per heavy atom. The lowest BCUT2D eigenvalue weighted by atomic mass is 9.82. The van der Waals surface area contributed by atoms with E-state index in [2.05, 4.69) is 16.9 Å². The summed E-state index contributed by atoms with van der Waals surface area (Å²) in [5.41, 5.74) is 0.914. The molecule has 0 aliphatic carbocycles. The van der Waals surface area contributed by atoms with Crippen LogP contribution in [0.1, 0.15) is 24.0 Å². The maximum absolute atomic E-state index is 13.0. The lowest BCUT2D eigenvalue weighted by Crippen LogP contribution is -2.43. The van der Waals surface area contributed by atoms with Crippen molar-refractivity contribution in [3.05, 3.63) is 80.4 Å². The maximum atomic E-state index is 13.0. The van der Waals surface area contributed by atoms with Gasteiger partial charge in [-0.1, -0.05) is 12.7 Å². The first-order valence-corrected chi connectivity index (χ1v) is 8.34. The number of rotatable bonds is 4. The highest BCUT2D eigenvalue weighted by Gasteiger charge is 2.37. The summed E-state index contributed by atoms with van der Waals surface area (Å²) in [6.07, 6.45) is 4.65. The molecule has 0 fully saturated rings. The zero-order valence-electron chi connectivity index (χ0n) is 15.4. The van der Waals surface area contributed by atoms with E-state index in [4.69, 9.17) is 4.74 Å². The van der Waals surface area contributed by atoms with Crippen molar-refractivity contribution in [2.24, 2.45) is 14.1 Å². The molecule has 2 aromatic rings. The second-order valence-corrected chi connectivity index (χ2v) is 6.23. The fourth-order valence-corrected chi connectivity index (χ4v) is 3.26. The Balaban J connectivity index is 2.33. The van der Waals surface area contributed by atoms with Crippen LogP contribution in [0.3, 0.4) is 0 Å². The molecule has 3 rings (SSSR count). The van der Waals surface area contributed by atoms with Gasteiger partial charge in [-0.25, -0.2) is 9.59 Å². The highest BCUT2D eigenvalue weighted by molar-refractivity contribution is 5.94. The minimum absolute atomic E-state index is 0.0524. The van der Waals surface area contributed by atoms with Gasteiger partial charge in [-0.15, -0.1) is 0 Å². The van der Waals surface area contributed by atoms with E-state index in [1.165, 1.54) is 17.7 Å². The summed E-state index contributed by atoms with van der Waals surface area (Å²) in [7, 11) is 2.99. The van der Waals surface area contributed by atoms with Crippen LogP contribution in [-0.2, 0) is 23.6 Å². The number of carbonyl (C=O) groups excluding carboxylic acids is 1. The number of hydrogen-bond donors (Lipinski definition) is 1. The lowest BCUT2D eigenvalue weighted by Gasteiger charge is -2.30. The van der Waals surface area contributed by atoms with Crippen LogP contribution in [-0.4, -0.2) is 26.7 Å². The predicted octanol–water partition coefficient (Wildman–Crippen LogP) is 1.04. The molecule has 140 valence electrons. The van der Waals surface area contributed by atoms with Crippen molar-refractivity contribution in [3.63, 3.8) is 0 Å². The van der Waals surface area contributed by atoms with Crippen LogP contribution in [0.5, 0.6) is 0 Å². The number of nitrogens with zero attached hydrogens (tertiary/aromatic N) is 3. The van der Waals surface area contributed by atoms with Gasteiger partial charge in [0.25, 0.3) is 5.56 Å². The number of hydrogen-bond acceptors (Lipinski definition) is 6. The lowest BCUT2D eigenvalue weighted by molar-refractivity contribution is -0.138. The molecule has 3 heterocycles. The molecule has 0 saturated heterocycles. The van der Waals surface area contributed by atoms with Crippen molar-refractivity contribution in [2.75, 3.05) is 11.9 Å². The molecular formula is C19H20N4O4. The number of carbonyl (C=O) groups is 1. The van der Waals surface area contributed by atoms with Gasteiger partial charge in [-0.05, 0) is 24.6 Å². The Kier molecular flexibility index (Phi) is 4.81. The van der Waals surface area contributed by atoms with Gasteiger partial charge in [0.2, 0.25) is 0 Å². The molecule has 1 aliphatic heterocycles. The fourth-order valence-electron chi connectivity index (χ4n) is 3.26. The van der Waals surface area contributed by atoms with Gasteiger partial charge in [0.15, 0.2) is 0 Å². The van der Waals surface area contributed by atoms with Crippen LogP contribution in [0.4, 0.5) is 5.82 Å². The smallest absolute Gasteiger partial charge is 0.337 e. The zero-order valence-corrected chi connectivity index (χ0v) is 15.4. The van der Waals surface area contributed by atoms with Gasteiger partial charge in [-0.2, -0.15) is 0 Å². The van der Waals surface area contributed by atoms with Crippen molar-refractivity contribution in [1.29, 1.82) is 0 Å². The van der Waals surface area contributed by atoms with E-state index in [0.717, 1.165) is 4.57 Å². The highest BCUT2D eigenvalue weighted by atomic mass is 16.5. The molecule has 8 heteroatoms. The van der Waals surface area contributed by atoms with Crippen molar-refractivity contribution >= 4 is 11.8 Å². The van der Waals surface area contributed by atoms with E-state index in [9.17, 15) is 14.4 Å². The van der Waals surface area contributed by atoms with Crippen molar-refractivity contribution < 1.29 is 9.53 Å². The quantitative estimate of drug-likeness (QED) is 0.640. The molecule has 0 spiro atoms. The van der Waals surface area contributed by atoms with Crippen LogP contribution in [0.25, 0.3) is 0 Å². The van der Waals surface area contributed by atoms with Crippen LogP contribution < -0.4 is 16.6 Å². The molecular weight excluding hydrogens is 348 g/mol. The maximum Gasteiger partial charge on any atom is 0.337 e. The molecule has 8 nitrogen and oxygen atoms in total. The second kappa shape index (κ2) is 7.06. The number of anilines is 1. The number of fused-ring (bicyclic) bond motifs is 1. The Labute approximate surface area is 155 Å². The van der Waals surface area contributed by atoms with E-state index in [1.54, 1.807) is 38.5 Å². The molecule has 0 aromatic carbocycles. The van der Waals surface area contributed by atoms with Crippen LogP contribution >= 0.6 is 0 Å². The Morgan fingerprint density at radius 2 is 1.96 bits per heavy atom. The van der Waals surface area contributed by atoms with E-state index >= 15 is 0 Å². The van der Waals surface area contributed by atoms with Crippen LogP contribution in [0, 0.1) is 0 Å². The molecule has 27 heavy (non-hydrogen) atoms. The third kappa shape index (κ3) is 2.99. The average Bonchev–Trinajstić information content (AvgIpc) is 2.68. The molecule has 0 saturated carbocycles. The van der Waals surface area contributed by atoms with Gasteiger partial charge in [-0.3, -0.25) is 18.9 Å². The van der Waals surface area contributed by atoms with Gasteiger partial charge in [0, 0.05) is 32.2 Å². The predicted molar refractivity (Wildman–Crippen MR) is 100 cm³/mol. The second-order valence-electron chi connectivity index (χ2n) is 6.23. The van der Waals surface area contributed by atoms with Gasteiger partial charge in [0.1, 0.15) is 12.4 Å². The molecule has 1 aliphatic rings. The molecule has 2 aromatic heterocycles. The van der Waals surface area contributed by atoms with E-state index in [-0.39, 0.29) is 6.61 Å². The normalized spacial score (nSPS) is 15.7. The Bertz CT molecular complexity index is 1060. The van der Waals surface area contributed by atoms with Gasteiger partial charge in [0.05, 0.1) is 17.1 Å². The molecule has 1 N–H and O–H groups in total. The van der Waals surface area contributed by atoms with Crippen molar-refractivity contribution in [3.8, 4) is 0 Å². The molecule has 1 atom stereocenters. The van der Waals surface area contributed by atoms with Crippen molar-refractivity contribution in [2.45, 2.75) is 12.8 Å². The number of aromatic nitrogens is 3. The standard InChI is InChI=1S/C19H20N4O4/c1-5-10-27-18(25)13-11(2)21-16-15(14(13)12-6-8-20-9-7-12)17(24)23(4)19(26)22(16)3/h5-9,14,21H,1,10H2,2-4H3/t14-/m0/s1. The fraction of sp³-hybridized carbons (Fsp3) is 0.263. The number of ether oxygens (including phenoxy) is 1. The summed E-state index contributed by atoms with van der Waals surface area (Å²) in [6.45, 7) is 5.31. The topological polar surface area (TPSA) is 95.2 Å². The monoisotopic (exact) mass is 368 g/mol. The van der Waals surface area contributed by atoms with Gasteiger partial charge >= 0.3 is 11.7 Å². The first-order valence-electron chi connectivity index (χ1n) is 8.34. The average molecular weight is 368 g/mol. The van der Waals surface area contributed by atoms with E-state index in [0.29, 0.717) is 28.2 Å². The first kappa shape index (κ1) is 18.4. The first-order chi connectivity index (χ1) is 12.9. The molecule has 0 radical (unpaired) electrons. The van der Waals surface area contributed by atoms with Gasteiger partial charge < -0.3 is 10.1 Å². The molecule has 0 amide bonds. The Hall–Kier alpha value is -3.42. The third-order valence-electron chi connectivity index (χ3n) is 4.58. The SMILES string of the molecule is C=CCOC(=O)C1=C(C)Nc2c(c(=O)n(C)c(=O)n2C)[C@H]1c1ccncc1. The highest BCUT2D eigenvalue weighted by Crippen LogP contribution is 2.39. The molecule has 0 bridgehead atoms. The minimum atomic E-state index is -0.688. The summed E-state index contributed by atoms with van der Waals surface area (Å²) < 4.78 is 7.64. The Morgan fingerprint density at radius 1 is 1.30 bits per heavy atom. The number of nitrogens with one attached hydrogen (secondary N) is 1. The molecule has 0 unspecified atom stereocenters. The number of esters is 1. The third-order valence-corrected chi connectivity index (χ3v) is 4.58. The van der Waals surface area contributed by atoms with Crippen LogP contribution in [0.15, 0.2) is 58.0 Å². The zero-order chi connectivity index (χ0) is 19.7. The van der Waals surface area contributed by atoms with E-state index in [1.807, 2.05) is 0 Å².